The molecule has 5 nitrogen and oxygen atoms in total. The highest BCUT2D eigenvalue weighted by atomic mass is 32.2. The lowest BCUT2D eigenvalue weighted by Crippen LogP contribution is -2.17. The maximum Gasteiger partial charge on any atom is 0.263 e. The Morgan fingerprint density at radius 2 is 2.00 bits per heavy atom. The van der Waals surface area contributed by atoms with E-state index in [0.717, 1.165) is 11.3 Å². The monoisotopic (exact) mass is 325 g/mol. The Hall–Kier alpha value is -1.44. The van der Waals surface area contributed by atoms with Crippen LogP contribution in [0.1, 0.15) is 31.0 Å². The van der Waals surface area contributed by atoms with Crippen LogP contribution in [0.25, 0.3) is 0 Å². The van der Waals surface area contributed by atoms with Crippen molar-refractivity contribution in [1.82, 2.24) is 10.3 Å². The number of sulfonamides is 1. The number of benzene rings is 1. The van der Waals surface area contributed by atoms with Gasteiger partial charge in [0.25, 0.3) is 10.0 Å². The zero-order valence-corrected chi connectivity index (χ0v) is 13.9. The molecule has 7 heteroatoms. The standard InChI is InChI=1S/C14H19N3O2S2/c1-10(2)12-9-20-14(16-12)17-21(18,19)13-7-5-4-6-11(13)8-15-3/h4-7,9-10,15H,8H2,1-3H3,(H,16,17). The molecule has 0 radical (unpaired) electrons. The minimum atomic E-state index is -3.62. The van der Waals surface area contributed by atoms with Gasteiger partial charge in [-0.05, 0) is 24.6 Å². The van der Waals surface area contributed by atoms with Crippen LogP contribution in [0.15, 0.2) is 34.5 Å². The third kappa shape index (κ3) is 3.81. The predicted molar refractivity (Wildman–Crippen MR) is 86.2 cm³/mol. The second kappa shape index (κ2) is 6.55. The highest BCUT2D eigenvalue weighted by Gasteiger charge is 2.19. The fraction of sp³-hybridized carbons (Fsp3) is 0.357. The molecule has 0 spiro atoms. The van der Waals surface area contributed by atoms with Crippen LogP contribution in [0.4, 0.5) is 5.13 Å². The molecule has 2 N–H and O–H groups in total. The van der Waals surface area contributed by atoms with Gasteiger partial charge in [0, 0.05) is 11.9 Å². The molecule has 114 valence electrons. The molecule has 2 aromatic rings. The van der Waals surface area contributed by atoms with E-state index in [1.807, 2.05) is 25.3 Å². The van der Waals surface area contributed by atoms with Gasteiger partial charge < -0.3 is 5.32 Å². The van der Waals surface area contributed by atoms with Crippen molar-refractivity contribution in [3.05, 3.63) is 40.9 Å². The van der Waals surface area contributed by atoms with E-state index in [1.165, 1.54) is 11.3 Å². The molecule has 0 fully saturated rings. The second-order valence-electron chi connectivity index (χ2n) is 4.98. The van der Waals surface area contributed by atoms with Crippen molar-refractivity contribution in [3.8, 4) is 0 Å². The topological polar surface area (TPSA) is 71.1 Å². The van der Waals surface area contributed by atoms with Gasteiger partial charge in [0.2, 0.25) is 0 Å². The Kier molecular flexibility index (Phi) is 4.97. The molecule has 0 saturated heterocycles. The molecule has 1 aromatic carbocycles. The summed E-state index contributed by atoms with van der Waals surface area (Å²) < 4.78 is 27.6. The Morgan fingerprint density at radius 1 is 1.29 bits per heavy atom. The van der Waals surface area contributed by atoms with Crippen LogP contribution in [0.2, 0.25) is 0 Å². The summed E-state index contributed by atoms with van der Waals surface area (Å²) in [6.07, 6.45) is 0. The van der Waals surface area contributed by atoms with Gasteiger partial charge in [-0.15, -0.1) is 11.3 Å². The number of nitrogens with one attached hydrogen (secondary N) is 2. The highest BCUT2D eigenvalue weighted by Crippen LogP contribution is 2.25. The first-order valence-corrected chi connectivity index (χ1v) is 9.01. The van der Waals surface area contributed by atoms with Crippen molar-refractivity contribution in [2.24, 2.45) is 0 Å². The van der Waals surface area contributed by atoms with E-state index in [0.29, 0.717) is 11.7 Å². The Bertz CT molecular complexity index is 709. The van der Waals surface area contributed by atoms with Gasteiger partial charge in [0.05, 0.1) is 10.6 Å². The smallest absolute Gasteiger partial charge is 0.263 e. The summed E-state index contributed by atoms with van der Waals surface area (Å²) in [4.78, 5) is 4.59. The summed E-state index contributed by atoms with van der Waals surface area (Å²) >= 11 is 1.30. The number of hydrogen-bond acceptors (Lipinski definition) is 5. The molecule has 0 aliphatic carbocycles. The molecule has 21 heavy (non-hydrogen) atoms. The van der Waals surface area contributed by atoms with Crippen LogP contribution in [-0.4, -0.2) is 20.4 Å². The molecule has 0 unspecified atom stereocenters. The average Bonchev–Trinajstić information content (AvgIpc) is 2.87. The van der Waals surface area contributed by atoms with Gasteiger partial charge in [-0.25, -0.2) is 13.4 Å². The Morgan fingerprint density at radius 3 is 2.62 bits per heavy atom. The second-order valence-corrected chi connectivity index (χ2v) is 7.48. The lowest BCUT2D eigenvalue weighted by Gasteiger charge is -2.10. The van der Waals surface area contributed by atoms with E-state index in [4.69, 9.17) is 0 Å². The SMILES string of the molecule is CNCc1ccccc1S(=O)(=O)Nc1nc(C(C)C)cs1. The first kappa shape index (κ1) is 15.9. The molecule has 1 aromatic heterocycles. The maximum absolute atomic E-state index is 12.5. The third-order valence-electron chi connectivity index (χ3n) is 2.96. The fourth-order valence-corrected chi connectivity index (χ4v) is 4.24. The van der Waals surface area contributed by atoms with E-state index >= 15 is 0 Å². The van der Waals surface area contributed by atoms with Gasteiger partial charge >= 0.3 is 0 Å². The fourth-order valence-electron chi connectivity index (χ4n) is 1.87. The first-order chi connectivity index (χ1) is 9.94. The number of hydrogen-bond donors (Lipinski definition) is 2. The number of anilines is 1. The summed E-state index contributed by atoms with van der Waals surface area (Å²) in [7, 11) is -1.84. The zero-order valence-electron chi connectivity index (χ0n) is 12.3. The van der Waals surface area contributed by atoms with E-state index in [-0.39, 0.29) is 10.8 Å². The van der Waals surface area contributed by atoms with E-state index in [9.17, 15) is 8.42 Å². The van der Waals surface area contributed by atoms with Crippen LogP contribution in [0.3, 0.4) is 0 Å². The molecule has 0 amide bonds. The van der Waals surface area contributed by atoms with E-state index in [1.54, 1.807) is 25.2 Å². The van der Waals surface area contributed by atoms with Gasteiger partial charge in [0.15, 0.2) is 5.13 Å². The molecule has 0 aliphatic heterocycles. The molecule has 1 heterocycles. The van der Waals surface area contributed by atoms with E-state index in [2.05, 4.69) is 15.0 Å². The summed E-state index contributed by atoms with van der Waals surface area (Å²) in [5, 5.41) is 5.25. The van der Waals surface area contributed by atoms with Crippen molar-refractivity contribution in [3.63, 3.8) is 0 Å². The zero-order chi connectivity index (χ0) is 15.5. The summed E-state index contributed by atoms with van der Waals surface area (Å²) in [5.41, 5.74) is 1.62. The number of aromatic nitrogens is 1. The molecular formula is C14H19N3O2S2. The Balaban J connectivity index is 2.29. The summed E-state index contributed by atoms with van der Waals surface area (Å²) in [6, 6.07) is 6.94. The summed E-state index contributed by atoms with van der Waals surface area (Å²) in [6.45, 7) is 4.54. The van der Waals surface area contributed by atoms with Gasteiger partial charge in [-0.3, -0.25) is 4.72 Å². The quantitative estimate of drug-likeness (QED) is 0.857. The molecule has 0 bridgehead atoms. The third-order valence-corrected chi connectivity index (χ3v) is 5.31. The van der Waals surface area contributed by atoms with Gasteiger partial charge in [0.1, 0.15) is 0 Å². The van der Waals surface area contributed by atoms with Crippen LogP contribution in [-0.2, 0) is 16.6 Å². The predicted octanol–water partition coefficient (Wildman–Crippen LogP) is 2.79. The van der Waals surface area contributed by atoms with Crippen molar-refractivity contribution < 1.29 is 8.42 Å². The Labute approximate surface area is 129 Å². The van der Waals surface area contributed by atoms with Crippen molar-refractivity contribution in [2.75, 3.05) is 11.8 Å². The highest BCUT2D eigenvalue weighted by molar-refractivity contribution is 7.93. The minimum Gasteiger partial charge on any atom is -0.316 e. The number of rotatable bonds is 6. The number of nitrogens with zero attached hydrogens (tertiary/aromatic N) is 1. The van der Waals surface area contributed by atoms with Crippen LogP contribution < -0.4 is 10.0 Å². The lowest BCUT2D eigenvalue weighted by atomic mass is 10.2. The van der Waals surface area contributed by atoms with E-state index < -0.39 is 10.0 Å². The molecule has 2 rings (SSSR count). The maximum atomic E-state index is 12.5. The minimum absolute atomic E-state index is 0.274. The largest absolute Gasteiger partial charge is 0.316 e. The normalized spacial score (nSPS) is 11.8. The molecule has 0 saturated carbocycles. The van der Waals surface area contributed by atoms with Crippen molar-refractivity contribution in [1.29, 1.82) is 0 Å². The summed E-state index contributed by atoms with van der Waals surface area (Å²) in [5.74, 6) is 0.274. The molecule has 0 aliphatic rings. The van der Waals surface area contributed by atoms with Gasteiger partial charge in [-0.2, -0.15) is 0 Å². The molecule has 0 atom stereocenters. The molecular weight excluding hydrogens is 306 g/mol. The van der Waals surface area contributed by atoms with Crippen LogP contribution in [0.5, 0.6) is 0 Å². The first-order valence-electron chi connectivity index (χ1n) is 6.65. The van der Waals surface area contributed by atoms with Crippen molar-refractivity contribution in [2.45, 2.75) is 31.2 Å². The average molecular weight is 325 g/mol. The van der Waals surface area contributed by atoms with Crippen LogP contribution >= 0.6 is 11.3 Å². The van der Waals surface area contributed by atoms with Crippen molar-refractivity contribution >= 4 is 26.5 Å². The lowest BCUT2D eigenvalue weighted by molar-refractivity contribution is 0.599. The number of thiazole rings is 1. The van der Waals surface area contributed by atoms with Crippen LogP contribution in [0, 0.1) is 0 Å². The van der Waals surface area contributed by atoms with Gasteiger partial charge in [-0.1, -0.05) is 32.0 Å².